The van der Waals surface area contributed by atoms with Gasteiger partial charge in [0.05, 0.1) is 85.9 Å². The van der Waals surface area contributed by atoms with E-state index in [1.54, 1.807) is 100 Å². The Labute approximate surface area is 228 Å². The van der Waals surface area contributed by atoms with E-state index in [0.717, 1.165) is 0 Å². The molecule has 0 atom stereocenters. The topological polar surface area (TPSA) is 83.1 Å². The third-order valence-corrected chi connectivity index (χ3v) is 10.9. The third-order valence-electron chi connectivity index (χ3n) is 6.01. The molecule has 0 spiro atoms. The smallest absolute Gasteiger partial charge is 0.135 e. The molecule has 0 aliphatic rings. The van der Waals surface area contributed by atoms with Crippen molar-refractivity contribution in [3.63, 3.8) is 0 Å². The molecule has 0 radical (unpaired) electrons. The summed E-state index contributed by atoms with van der Waals surface area (Å²) >= 11 is 6.77. The van der Waals surface area contributed by atoms with E-state index in [1.807, 2.05) is 0 Å². The van der Waals surface area contributed by atoms with Crippen molar-refractivity contribution in [3.05, 3.63) is 36.4 Å². The second-order valence-corrected chi connectivity index (χ2v) is 12.0. The Morgan fingerprint density at radius 1 is 0.368 bits per heavy atom. The second-order valence-electron chi connectivity index (χ2n) is 7.75. The van der Waals surface area contributed by atoms with E-state index in [-0.39, 0.29) is 0 Å². The van der Waals surface area contributed by atoms with Crippen LogP contribution in [0.1, 0.15) is 0 Å². The maximum atomic E-state index is 6.77. The molecule has 0 amide bonds. The molecule has 38 heavy (non-hydrogen) atoms. The lowest BCUT2D eigenvalue weighted by Gasteiger charge is -2.32. The van der Waals surface area contributed by atoms with Gasteiger partial charge in [-0.25, -0.2) is 0 Å². The molecule has 3 aromatic carbocycles. The summed E-state index contributed by atoms with van der Waals surface area (Å²) in [5.41, 5.74) is 0. The van der Waals surface area contributed by atoms with Crippen LogP contribution in [0.15, 0.2) is 36.4 Å². The first-order valence-corrected chi connectivity index (χ1v) is 14.1. The summed E-state index contributed by atoms with van der Waals surface area (Å²) in [7, 11) is 14.0. The molecule has 206 valence electrons. The van der Waals surface area contributed by atoms with Crippen LogP contribution in [0.4, 0.5) is 0 Å². The molecule has 11 heteroatoms. The minimum atomic E-state index is -3.28. The molecule has 0 bridgehead atoms. The van der Waals surface area contributed by atoms with Crippen molar-refractivity contribution in [2.24, 2.45) is 0 Å². The summed E-state index contributed by atoms with van der Waals surface area (Å²) < 4.78 is 51.9. The Bertz CT molecular complexity index is 1110. The number of ether oxygens (including phenoxy) is 9. The largest absolute Gasteiger partial charge is 0.496 e. The lowest BCUT2D eigenvalue weighted by atomic mass is 10.3. The quantitative estimate of drug-likeness (QED) is 0.305. The van der Waals surface area contributed by atoms with Crippen LogP contribution in [0.25, 0.3) is 0 Å². The van der Waals surface area contributed by atoms with Crippen LogP contribution < -0.4 is 58.5 Å². The lowest BCUT2D eigenvalue weighted by Crippen LogP contribution is -2.31. The van der Waals surface area contributed by atoms with Gasteiger partial charge in [0.2, 0.25) is 0 Å². The average Bonchev–Trinajstić information content (AvgIpc) is 2.97. The highest BCUT2D eigenvalue weighted by atomic mass is 32.4. The maximum Gasteiger partial charge on any atom is 0.135 e. The minimum absolute atomic E-state index is 0.449. The van der Waals surface area contributed by atoms with Gasteiger partial charge in [-0.15, -0.1) is 0 Å². The van der Waals surface area contributed by atoms with Gasteiger partial charge < -0.3 is 42.6 Å². The van der Waals surface area contributed by atoms with Crippen molar-refractivity contribution in [1.29, 1.82) is 0 Å². The molecule has 0 N–H and O–H groups in total. The predicted octanol–water partition coefficient (Wildman–Crippen LogP) is 3.52. The molecule has 3 aromatic rings. The molecule has 3 rings (SSSR count). The fraction of sp³-hybridized carbons (Fsp3) is 0.333. The number of rotatable bonds is 12. The monoisotopic (exact) mass is 564 g/mol. The fourth-order valence-corrected chi connectivity index (χ4v) is 9.32. The highest BCUT2D eigenvalue weighted by Gasteiger charge is 2.42. The van der Waals surface area contributed by atoms with Crippen LogP contribution in [0.5, 0.6) is 51.7 Å². The first-order valence-electron chi connectivity index (χ1n) is 11.3. The molecule has 0 heterocycles. The van der Waals surface area contributed by atoms with Crippen LogP contribution >= 0.6 is 6.04 Å². The normalized spacial score (nSPS) is 10.9. The Morgan fingerprint density at radius 2 is 0.553 bits per heavy atom. The molecule has 0 unspecified atom stereocenters. The van der Waals surface area contributed by atoms with Gasteiger partial charge in [0.15, 0.2) is 0 Å². The Hall–Kier alpha value is -3.49. The number of benzene rings is 3. The molecule has 9 nitrogen and oxygen atoms in total. The van der Waals surface area contributed by atoms with Crippen molar-refractivity contribution in [1.82, 2.24) is 0 Å². The van der Waals surface area contributed by atoms with Crippen molar-refractivity contribution in [2.45, 2.75) is 0 Å². The van der Waals surface area contributed by atoms with Crippen molar-refractivity contribution < 1.29 is 42.6 Å². The SMILES string of the molecule is COc1cc(OC)c(P(=S)(c2c(OC)cc(OC)cc2OC)c2c(OC)cc(OC)cc2OC)c(OC)c1. The van der Waals surface area contributed by atoms with Crippen molar-refractivity contribution >= 4 is 33.8 Å². The first-order chi connectivity index (χ1) is 18.3. The average molecular weight is 565 g/mol. The fourth-order valence-electron chi connectivity index (χ4n) is 4.23. The summed E-state index contributed by atoms with van der Waals surface area (Å²) in [5, 5.41) is 1.76. The summed E-state index contributed by atoms with van der Waals surface area (Å²) in [6, 6.07) is 7.25. The second kappa shape index (κ2) is 12.4. The summed E-state index contributed by atoms with van der Waals surface area (Å²) in [6.45, 7) is 0. The Morgan fingerprint density at radius 3 is 0.684 bits per heavy atom. The molecular formula is C27H33O9PS. The molecule has 0 fully saturated rings. The van der Waals surface area contributed by atoms with E-state index in [4.69, 9.17) is 54.4 Å². The van der Waals surface area contributed by atoms with Gasteiger partial charge in [-0.3, -0.25) is 0 Å². The van der Waals surface area contributed by atoms with E-state index < -0.39 is 6.04 Å². The van der Waals surface area contributed by atoms with E-state index >= 15 is 0 Å². The van der Waals surface area contributed by atoms with E-state index in [2.05, 4.69) is 0 Å². The zero-order valence-electron chi connectivity index (χ0n) is 23.0. The molecule has 0 aromatic heterocycles. The molecule has 0 saturated carbocycles. The summed E-state index contributed by atoms with van der Waals surface area (Å²) in [4.78, 5) is 0. The van der Waals surface area contributed by atoms with Crippen LogP contribution in [0, 0.1) is 0 Å². The molecule has 0 aliphatic carbocycles. The number of hydrogen-bond acceptors (Lipinski definition) is 10. The van der Waals surface area contributed by atoms with Crippen LogP contribution in [-0.2, 0) is 11.8 Å². The standard InChI is InChI=1S/C27H33O9PS/c1-28-16-10-19(31-4)25(20(11-16)32-5)37(38,26-21(33-6)12-17(29-2)13-22(26)34-7)27-23(35-8)14-18(30-3)15-24(27)36-9/h10-15H,1-9H3. The van der Waals surface area contributed by atoms with Crippen LogP contribution in [0.2, 0.25) is 0 Å². The lowest BCUT2D eigenvalue weighted by molar-refractivity contribution is 0.378. The minimum Gasteiger partial charge on any atom is -0.496 e. The van der Waals surface area contributed by atoms with Crippen molar-refractivity contribution in [3.8, 4) is 51.7 Å². The van der Waals surface area contributed by atoms with Crippen LogP contribution in [0.3, 0.4) is 0 Å². The number of methoxy groups -OCH3 is 9. The Kier molecular flexibility index (Phi) is 9.46. The van der Waals surface area contributed by atoms with Gasteiger partial charge in [0.1, 0.15) is 51.7 Å². The van der Waals surface area contributed by atoms with Crippen LogP contribution in [-0.4, -0.2) is 64.0 Å². The van der Waals surface area contributed by atoms with Gasteiger partial charge in [0.25, 0.3) is 0 Å². The summed E-state index contributed by atoms with van der Waals surface area (Å²) in [5.74, 6) is 4.29. The maximum absolute atomic E-state index is 6.77. The molecular weight excluding hydrogens is 531 g/mol. The third kappa shape index (κ3) is 4.98. The van der Waals surface area contributed by atoms with Gasteiger partial charge in [-0.2, -0.15) is 0 Å². The predicted molar refractivity (Wildman–Crippen MR) is 151 cm³/mol. The van der Waals surface area contributed by atoms with E-state index in [9.17, 15) is 0 Å². The van der Waals surface area contributed by atoms with E-state index in [1.165, 1.54) is 0 Å². The Balaban J connectivity index is 2.70. The van der Waals surface area contributed by atoms with Gasteiger partial charge >= 0.3 is 0 Å². The van der Waals surface area contributed by atoms with Gasteiger partial charge in [-0.1, -0.05) is 11.8 Å². The first kappa shape index (κ1) is 29.1. The summed E-state index contributed by atoms with van der Waals surface area (Å²) in [6.07, 6.45) is 0. The van der Waals surface area contributed by atoms with Gasteiger partial charge in [0, 0.05) is 36.4 Å². The van der Waals surface area contributed by atoms with Gasteiger partial charge in [-0.05, 0) is 0 Å². The zero-order chi connectivity index (χ0) is 28.0. The van der Waals surface area contributed by atoms with Crippen molar-refractivity contribution in [2.75, 3.05) is 64.0 Å². The molecule has 0 saturated heterocycles. The highest BCUT2D eigenvalue weighted by Crippen LogP contribution is 2.57. The highest BCUT2D eigenvalue weighted by molar-refractivity contribution is 8.26. The zero-order valence-corrected chi connectivity index (χ0v) is 24.7. The number of hydrogen-bond donors (Lipinski definition) is 0. The molecule has 0 aliphatic heterocycles. The van der Waals surface area contributed by atoms with E-state index in [0.29, 0.717) is 67.7 Å².